The van der Waals surface area contributed by atoms with Gasteiger partial charge in [-0.25, -0.2) is 8.78 Å². The van der Waals surface area contributed by atoms with Crippen LogP contribution in [-0.2, 0) is 9.59 Å². The number of piperazine rings is 1. The number of carbonyl (C=O) groups excluding carboxylic acids is 2. The lowest BCUT2D eigenvalue weighted by Gasteiger charge is -2.35. The molecule has 0 saturated carbocycles. The first-order valence-corrected chi connectivity index (χ1v) is 8.18. The molecule has 12 heteroatoms. The van der Waals surface area contributed by atoms with Crippen LogP contribution in [0.15, 0.2) is 10.6 Å². The van der Waals surface area contributed by atoms with Gasteiger partial charge in [0, 0.05) is 38.7 Å². The highest BCUT2D eigenvalue weighted by molar-refractivity contribution is 5.91. The summed E-state index contributed by atoms with van der Waals surface area (Å²) < 4.78 is 31.3. The van der Waals surface area contributed by atoms with Crippen molar-refractivity contribution in [3.63, 3.8) is 0 Å². The summed E-state index contributed by atoms with van der Waals surface area (Å²) in [6, 6.07) is 0.805. The first kappa shape index (κ1) is 23.5. The molecule has 1 aromatic heterocycles. The molecule has 2 aliphatic rings. The van der Waals surface area contributed by atoms with Crippen molar-refractivity contribution in [2.75, 3.05) is 44.6 Å². The first-order chi connectivity index (χ1) is 11.8. The van der Waals surface area contributed by atoms with Gasteiger partial charge in [0.05, 0.1) is 19.1 Å². The molecule has 0 radical (unpaired) electrons. The van der Waals surface area contributed by atoms with Gasteiger partial charge >= 0.3 is 0 Å². The van der Waals surface area contributed by atoms with Crippen molar-refractivity contribution in [1.29, 1.82) is 0 Å². The highest BCUT2D eigenvalue weighted by Gasteiger charge is 2.43. The SMILES string of the molecule is Cc1cc(NC(=O)CN2CCN(C(=O)C3CC(F)(F)CN3)CC2)no1.Cl.Cl. The van der Waals surface area contributed by atoms with E-state index in [4.69, 9.17) is 4.52 Å². The Labute approximate surface area is 167 Å². The molecule has 2 saturated heterocycles. The fourth-order valence-corrected chi connectivity index (χ4v) is 3.05. The van der Waals surface area contributed by atoms with Gasteiger partial charge in [0.2, 0.25) is 11.8 Å². The third-order valence-electron chi connectivity index (χ3n) is 4.35. The fourth-order valence-electron chi connectivity index (χ4n) is 3.05. The second-order valence-electron chi connectivity index (χ2n) is 6.47. The predicted octanol–water partition coefficient (Wildman–Crippen LogP) is 0.907. The number of carbonyl (C=O) groups is 2. The normalized spacial score (nSPS) is 21.9. The molecule has 8 nitrogen and oxygen atoms in total. The van der Waals surface area contributed by atoms with Crippen LogP contribution < -0.4 is 10.6 Å². The largest absolute Gasteiger partial charge is 0.360 e. The Morgan fingerprint density at radius 3 is 2.52 bits per heavy atom. The van der Waals surface area contributed by atoms with Crippen LogP contribution in [-0.4, -0.2) is 78.0 Å². The number of hydrogen-bond acceptors (Lipinski definition) is 6. The van der Waals surface area contributed by atoms with Crippen molar-refractivity contribution in [3.8, 4) is 0 Å². The molecule has 2 aliphatic heterocycles. The van der Waals surface area contributed by atoms with E-state index in [1.807, 2.05) is 4.90 Å². The van der Waals surface area contributed by atoms with E-state index in [0.717, 1.165) is 0 Å². The second-order valence-corrected chi connectivity index (χ2v) is 6.47. The van der Waals surface area contributed by atoms with Crippen LogP contribution in [0.5, 0.6) is 0 Å². The minimum Gasteiger partial charge on any atom is -0.360 e. The molecule has 2 fully saturated rings. The Bertz CT molecular complexity index is 653. The number of alkyl halides is 2. The van der Waals surface area contributed by atoms with Crippen LogP contribution in [0.4, 0.5) is 14.6 Å². The molecule has 3 rings (SSSR count). The molecule has 154 valence electrons. The maximum atomic E-state index is 13.2. The van der Waals surface area contributed by atoms with Crippen LogP contribution in [0.1, 0.15) is 12.2 Å². The summed E-state index contributed by atoms with van der Waals surface area (Å²) in [5.74, 6) is -2.36. The average Bonchev–Trinajstić information content (AvgIpc) is 3.12. The van der Waals surface area contributed by atoms with Crippen molar-refractivity contribution in [2.24, 2.45) is 0 Å². The first-order valence-electron chi connectivity index (χ1n) is 8.18. The van der Waals surface area contributed by atoms with Gasteiger partial charge in [-0.15, -0.1) is 24.8 Å². The standard InChI is InChI=1S/C15H21F2N5O3.2ClH/c1-10-6-12(20-25-10)19-13(23)8-21-2-4-22(5-3-21)14(24)11-7-15(16,17)9-18-11;;/h6,11,18H,2-5,7-9H2,1H3,(H,19,20,23);2*1H. The molecule has 2 N–H and O–H groups in total. The van der Waals surface area contributed by atoms with Gasteiger partial charge in [0.15, 0.2) is 5.82 Å². The smallest absolute Gasteiger partial charge is 0.262 e. The minimum absolute atomic E-state index is 0. The quantitative estimate of drug-likeness (QED) is 0.738. The van der Waals surface area contributed by atoms with E-state index in [2.05, 4.69) is 15.8 Å². The highest BCUT2D eigenvalue weighted by atomic mass is 35.5. The molecule has 27 heavy (non-hydrogen) atoms. The topological polar surface area (TPSA) is 90.7 Å². The van der Waals surface area contributed by atoms with Gasteiger partial charge < -0.3 is 14.7 Å². The Balaban J connectivity index is 0.00000182. The number of hydrogen-bond donors (Lipinski definition) is 2. The molecule has 1 unspecified atom stereocenters. The van der Waals surface area contributed by atoms with Gasteiger partial charge in [0.1, 0.15) is 5.76 Å². The van der Waals surface area contributed by atoms with Gasteiger partial charge in [0.25, 0.3) is 5.92 Å². The van der Waals surface area contributed by atoms with Gasteiger partial charge in [-0.2, -0.15) is 0 Å². The summed E-state index contributed by atoms with van der Waals surface area (Å²) in [6.45, 7) is 3.31. The van der Waals surface area contributed by atoms with Crippen LogP contribution in [0.3, 0.4) is 0 Å². The van der Waals surface area contributed by atoms with Crippen LogP contribution in [0.25, 0.3) is 0 Å². The average molecular weight is 430 g/mol. The molecule has 1 aromatic rings. The van der Waals surface area contributed by atoms with Crippen molar-refractivity contribution in [1.82, 2.24) is 20.3 Å². The number of rotatable bonds is 4. The molecule has 0 spiro atoms. The number of aryl methyl sites for hydroxylation is 1. The molecule has 0 aromatic carbocycles. The van der Waals surface area contributed by atoms with E-state index in [-0.39, 0.29) is 43.2 Å². The van der Waals surface area contributed by atoms with E-state index in [9.17, 15) is 18.4 Å². The van der Waals surface area contributed by atoms with Crippen molar-refractivity contribution in [3.05, 3.63) is 11.8 Å². The summed E-state index contributed by atoms with van der Waals surface area (Å²) in [5, 5.41) is 8.91. The highest BCUT2D eigenvalue weighted by Crippen LogP contribution is 2.26. The van der Waals surface area contributed by atoms with Gasteiger partial charge in [-0.05, 0) is 6.92 Å². The summed E-state index contributed by atoms with van der Waals surface area (Å²) in [4.78, 5) is 27.7. The number of nitrogens with one attached hydrogen (secondary N) is 2. The maximum Gasteiger partial charge on any atom is 0.262 e. The fraction of sp³-hybridized carbons (Fsp3) is 0.667. The molecule has 3 heterocycles. The van der Waals surface area contributed by atoms with Crippen molar-refractivity contribution in [2.45, 2.75) is 25.3 Å². The second kappa shape index (κ2) is 9.63. The number of nitrogens with zero attached hydrogens (tertiary/aromatic N) is 3. The number of amides is 2. The van der Waals surface area contributed by atoms with E-state index in [1.165, 1.54) is 0 Å². The zero-order chi connectivity index (χ0) is 18.0. The summed E-state index contributed by atoms with van der Waals surface area (Å²) in [5.41, 5.74) is 0. The Morgan fingerprint density at radius 1 is 1.33 bits per heavy atom. The summed E-state index contributed by atoms with van der Waals surface area (Å²) >= 11 is 0. The van der Waals surface area contributed by atoms with Gasteiger partial charge in [-0.1, -0.05) is 5.16 Å². The van der Waals surface area contributed by atoms with Crippen LogP contribution in [0.2, 0.25) is 0 Å². The van der Waals surface area contributed by atoms with Crippen LogP contribution >= 0.6 is 24.8 Å². The van der Waals surface area contributed by atoms with E-state index in [0.29, 0.717) is 37.8 Å². The maximum absolute atomic E-state index is 13.2. The monoisotopic (exact) mass is 429 g/mol. The van der Waals surface area contributed by atoms with Crippen molar-refractivity contribution >= 4 is 42.4 Å². The Kier molecular flexibility index (Phi) is 8.40. The lowest BCUT2D eigenvalue weighted by atomic mass is 10.1. The third kappa shape index (κ3) is 6.27. The zero-order valence-electron chi connectivity index (χ0n) is 14.7. The molecule has 0 aliphatic carbocycles. The number of aromatic nitrogens is 1. The van der Waals surface area contributed by atoms with Gasteiger partial charge in [-0.3, -0.25) is 19.8 Å². The predicted molar refractivity (Wildman–Crippen MR) is 98.7 cm³/mol. The summed E-state index contributed by atoms with van der Waals surface area (Å²) in [6.07, 6.45) is -0.453. The lowest BCUT2D eigenvalue weighted by Crippen LogP contribution is -2.54. The van der Waals surface area contributed by atoms with Crippen molar-refractivity contribution < 1.29 is 22.9 Å². The Hall–Kier alpha value is -1.49. The third-order valence-corrected chi connectivity index (χ3v) is 4.35. The molecule has 1 atom stereocenters. The molecular formula is C15H23Cl2F2N5O3. The minimum atomic E-state index is -2.82. The number of anilines is 1. The van der Waals surface area contributed by atoms with Crippen LogP contribution in [0, 0.1) is 6.92 Å². The van der Waals surface area contributed by atoms with E-state index < -0.39 is 24.9 Å². The zero-order valence-corrected chi connectivity index (χ0v) is 16.4. The molecule has 2 amide bonds. The molecular weight excluding hydrogens is 407 g/mol. The molecule has 0 bridgehead atoms. The van der Waals surface area contributed by atoms with E-state index in [1.54, 1.807) is 17.9 Å². The lowest BCUT2D eigenvalue weighted by molar-refractivity contribution is -0.135. The Morgan fingerprint density at radius 2 is 2.00 bits per heavy atom. The number of halogens is 4. The summed E-state index contributed by atoms with van der Waals surface area (Å²) in [7, 11) is 0. The van der Waals surface area contributed by atoms with E-state index >= 15 is 0 Å².